The fraction of sp³-hybridized carbons (Fsp3) is 0.462. The van der Waals surface area contributed by atoms with Gasteiger partial charge in [0.1, 0.15) is 5.65 Å². The maximum atomic E-state index is 9.23. The third-order valence-corrected chi connectivity index (χ3v) is 4.22. The molecule has 2 aromatic heterocycles. The van der Waals surface area contributed by atoms with Crippen molar-refractivity contribution in [1.82, 2.24) is 14.7 Å². The molecule has 0 aliphatic carbocycles. The van der Waals surface area contributed by atoms with Crippen molar-refractivity contribution in [2.45, 2.75) is 24.8 Å². The molecule has 2 aromatic rings. The summed E-state index contributed by atoms with van der Waals surface area (Å²) in [6.45, 7) is 3.01. The van der Waals surface area contributed by atoms with Crippen molar-refractivity contribution >= 4 is 17.4 Å². The monoisotopic (exact) mass is 265 g/mol. The predicted octanol–water partition coefficient (Wildman–Crippen LogP) is 1.54. The summed E-state index contributed by atoms with van der Waals surface area (Å²) in [7, 11) is 0. The van der Waals surface area contributed by atoms with Gasteiger partial charge in [0.2, 0.25) is 0 Å². The molecule has 98 valence electrons. The van der Waals surface area contributed by atoms with Crippen LogP contribution in [0.1, 0.15) is 12.6 Å². The van der Waals surface area contributed by atoms with E-state index in [1.165, 1.54) is 0 Å². The Balaban J connectivity index is 1.97. The molecule has 2 heterocycles. The molecule has 0 radical (unpaired) electrons. The van der Waals surface area contributed by atoms with Crippen molar-refractivity contribution in [2.24, 2.45) is 0 Å². The van der Waals surface area contributed by atoms with Gasteiger partial charge in [-0.15, -0.1) is 0 Å². The Morgan fingerprint density at radius 1 is 1.50 bits per heavy atom. The van der Waals surface area contributed by atoms with Crippen LogP contribution in [0.3, 0.4) is 0 Å². The lowest BCUT2D eigenvalue weighted by Gasteiger charge is -2.20. The molecule has 0 aliphatic heterocycles. The molecule has 0 amide bonds. The van der Waals surface area contributed by atoms with E-state index in [-0.39, 0.29) is 17.9 Å². The number of pyridine rings is 1. The number of thioether (sulfide) groups is 1. The minimum absolute atomic E-state index is 0.195. The summed E-state index contributed by atoms with van der Waals surface area (Å²) in [5.41, 5.74) is 1.98. The molecule has 0 fully saturated rings. The van der Waals surface area contributed by atoms with Gasteiger partial charge >= 0.3 is 0 Å². The largest absolute Gasteiger partial charge is 0.395 e. The Morgan fingerprint density at radius 3 is 3.00 bits per heavy atom. The minimum Gasteiger partial charge on any atom is -0.395 e. The molecule has 2 unspecified atom stereocenters. The number of nitrogens with zero attached hydrogens (tertiary/aromatic N) is 2. The molecule has 0 saturated heterocycles. The topological polar surface area (TPSA) is 49.6 Å². The summed E-state index contributed by atoms with van der Waals surface area (Å²) in [4.78, 5) is 4.53. The van der Waals surface area contributed by atoms with Crippen LogP contribution in [0.15, 0.2) is 30.6 Å². The van der Waals surface area contributed by atoms with E-state index in [1.54, 1.807) is 11.8 Å². The first kappa shape index (κ1) is 13.4. The second-order valence-electron chi connectivity index (χ2n) is 4.32. The van der Waals surface area contributed by atoms with E-state index >= 15 is 0 Å². The van der Waals surface area contributed by atoms with Crippen LogP contribution in [0.2, 0.25) is 0 Å². The van der Waals surface area contributed by atoms with E-state index in [9.17, 15) is 5.11 Å². The zero-order chi connectivity index (χ0) is 13.0. The second-order valence-corrected chi connectivity index (χ2v) is 5.40. The average molecular weight is 265 g/mol. The number of imidazole rings is 1. The first-order valence-corrected chi connectivity index (χ1v) is 7.33. The molecule has 4 nitrogen and oxygen atoms in total. The fourth-order valence-corrected chi connectivity index (χ4v) is 2.56. The molecule has 0 bridgehead atoms. The van der Waals surface area contributed by atoms with Crippen molar-refractivity contribution < 1.29 is 5.11 Å². The number of aliphatic hydroxyl groups excluding tert-OH is 1. The molecule has 0 spiro atoms. The summed E-state index contributed by atoms with van der Waals surface area (Å²) in [6, 6.07) is 6.22. The SMILES string of the molecule is CSC(CO)C(C)NCc1cn2ccccc2n1. The molecule has 0 saturated carbocycles. The fourth-order valence-electron chi connectivity index (χ4n) is 1.91. The van der Waals surface area contributed by atoms with Crippen LogP contribution in [0.4, 0.5) is 0 Å². The highest BCUT2D eigenvalue weighted by molar-refractivity contribution is 7.99. The number of rotatable bonds is 6. The highest BCUT2D eigenvalue weighted by atomic mass is 32.2. The number of hydrogen-bond acceptors (Lipinski definition) is 4. The molecular weight excluding hydrogens is 246 g/mol. The smallest absolute Gasteiger partial charge is 0.137 e. The van der Waals surface area contributed by atoms with E-state index in [0.717, 1.165) is 17.9 Å². The minimum atomic E-state index is 0.195. The van der Waals surface area contributed by atoms with Crippen LogP contribution in [-0.4, -0.2) is 38.6 Å². The van der Waals surface area contributed by atoms with E-state index in [0.29, 0.717) is 0 Å². The Bertz CT molecular complexity index is 463. The van der Waals surface area contributed by atoms with Crippen LogP contribution in [0.25, 0.3) is 5.65 Å². The van der Waals surface area contributed by atoms with Crippen LogP contribution < -0.4 is 5.32 Å². The van der Waals surface area contributed by atoms with E-state index in [4.69, 9.17) is 0 Å². The number of hydrogen-bond donors (Lipinski definition) is 2. The first-order valence-electron chi connectivity index (χ1n) is 6.04. The third kappa shape index (κ3) is 3.04. The van der Waals surface area contributed by atoms with E-state index in [1.807, 2.05) is 41.2 Å². The number of aliphatic hydroxyl groups is 1. The lowest BCUT2D eigenvalue weighted by Crippen LogP contribution is -2.37. The summed E-state index contributed by atoms with van der Waals surface area (Å²) in [5.74, 6) is 0. The second kappa shape index (κ2) is 6.22. The normalized spacial score (nSPS) is 14.8. The number of fused-ring (bicyclic) bond motifs is 1. The molecule has 5 heteroatoms. The van der Waals surface area contributed by atoms with Gasteiger partial charge in [-0.25, -0.2) is 4.98 Å². The molecule has 2 rings (SSSR count). The van der Waals surface area contributed by atoms with Crippen molar-refractivity contribution in [2.75, 3.05) is 12.9 Å². The van der Waals surface area contributed by atoms with Gasteiger partial charge in [-0.1, -0.05) is 6.07 Å². The maximum Gasteiger partial charge on any atom is 0.137 e. The summed E-state index contributed by atoms with van der Waals surface area (Å²) >= 11 is 1.68. The van der Waals surface area contributed by atoms with Gasteiger partial charge < -0.3 is 14.8 Å². The standard InChI is InChI=1S/C13H19N3OS/c1-10(12(9-17)18-2)14-7-11-8-16-6-4-3-5-13(16)15-11/h3-6,8,10,12,14,17H,7,9H2,1-2H3. The summed E-state index contributed by atoms with van der Waals surface area (Å²) < 4.78 is 2.01. The van der Waals surface area contributed by atoms with Crippen LogP contribution in [-0.2, 0) is 6.54 Å². The zero-order valence-corrected chi connectivity index (χ0v) is 11.5. The Kier molecular flexibility index (Phi) is 4.63. The first-order chi connectivity index (χ1) is 8.74. The van der Waals surface area contributed by atoms with E-state index < -0.39 is 0 Å². The number of nitrogens with one attached hydrogen (secondary N) is 1. The predicted molar refractivity (Wildman–Crippen MR) is 75.9 cm³/mol. The molecule has 18 heavy (non-hydrogen) atoms. The Hall–Kier alpha value is -1.04. The van der Waals surface area contributed by atoms with Crippen molar-refractivity contribution in [3.8, 4) is 0 Å². The molecule has 0 aromatic carbocycles. The van der Waals surface area contributed by atoms with Gasteiger partial charge in [0.15, 0.2) is 0 Å². The van der Waals surface area contributed by atoms with Crippen molar-refractivity contribution in [3.63, 3.8) is 0 Å². The van der Waals surface area contributed by atoms with Crippen molar-refractivity contribution in [3.05, 3.63) is 36.3 Å². The highest BCUT2D eigenvalue weighted by Gasteiger charge is 2.14. The molecule has 2 atom stereocenters. The molecule has 2 N–H and O–H groups in total. The van der Waals surface area contributed by atoms with Gasteiger partial charge in [-0.05, 0) is 25.3 Å². The maximum absolute atomic E-state index is 9.23. The van der Waals surface area contributed by atoms with Gasteiger partial charge in [0, 0.05) is 30.2 Å². The van der Waals surface area contributed by atoms with Crippen LogP contribution in [0.5, 0.6) is 0 Å². The van der Waals surface area contributed by atoms with Gasteiger partial charge in [0.25, 0.3) is 0 Å². The van der Waals surface area contributed by atoms with Crippen molar-refractivity contribution in [1.29, 1.82) is 0 Å². The Morgan fingerprint density at radius 2 is 2.33 bits per heavy atom. The Labute approximate surface area is 111 Å². The summed E-state index contributed by atoms with van der Waals surface area (Å²) in [6.07, 6.45) is 6.04. The van der Waals surface area contributed by atoms with Crippen LogP contribution in [0, 0.1) is 0 Å². The van der Waals surface area contributed by atoms with Crippen LogP contribution >= 0.6 is 11.8 Å². The highest BCUT2D eigenvalue weighted by Crippen LogP contribution is 2.11. The average Bonchev–Trinajstić information content (AvgIpc) is 2.80. The van der Waals surface area contributed by atoms with Gasteiger partial charge in [-0.3, -0.25) is 0 Å². The lowest BCUT2D eigenvalue weighted by molar-refractivity contribution is 0.275. The molecular formula is C13H19N3OS. The molecule has 0 aliphatic rings. The third-order valence-electron chi connectivity index (χ3n) is 3.06. The van der Waals surface area contributed by atoms with E-state index in [2.05, 4.69) is 17.2 Å². The number of aromatic nitrogens is 2. The quantitative estimate of drug-likeness (QED) is 0.832. The van der Waals surface area contributed by atoms with Gasteiger partial charge in [0.05, 0.1) is 12.3 Å². The zero-order valence-electron chi connectivity index (χ0n) is 10.7. The lowest BCUT2D eigenvalue weighted by atomic mass is 10.2. The van der Waals surface area contributed by atoms with Gasteiger partial charge in [-0.2, -0.15) is 11.8 Å². The summed E-state index contributed by atoms with van der Waals surface area (Å²) in [5, 5.41) is 12.9.